The maximum atomic E-state index is 13.1. The van der Waals surface area contributed by atoms with Gasteiger partial charge in [-0.3, -0.25) is 0 Å². The van der Waals surface area contributed by atoms with Crippen LogP contribution in [0.4, 0.5) is 17.6 Å². The summed E-state index contributed by atoms with van der Waals surface area (Å²) < 4.78 is 52.7. The summed E-state index contributed by atoms with van der Waals surface area (Å²) in [6.07, 6.45) is -4.48. The number of benzene rings is 1. The van der Waals surface area contributed by atoms with Crippen molar-refractivity contribution in [3.8, 4) is 11.1 Å². The topological polar surface area (TPSA) is 17.3 Å². The van der Waals surface area contributed by atoms with Gasteiger partial charge in [0.2, 0.25) is 0 Å². The maximum absolute atomic E-state index is 13.1. The van der Waals surface area contributed by atoms with E-state index < -0.39 is 18.5 Å². The van der Waals surface area contributed by atoms with Crippen LogP contribution in [0.15, 0.2) is 42.5 Å². The van der Waals surface area contributed by atoms with Crippen LogP contribution in [-0.2, 0) is 12.9 Å². The molecule has 0 aliphatic heterocycles. The van der Waals surface area contributed by atoms with E-state index in [1.807, 2.05) is 0 Å². The van der Waals surface area contributed by atoms with Crippen LogP contribution in [0, 0.1) is 6.92 Å². The van der Waals surface area contributed by atoms with Crippen molar-refractivity contribution in [2.24, 2.45) is 0 Å². The van der Waals surface area contributed by atoms with Crippen molar-refractivity contribution in [3.63, 3.8) is 0 Å². The van der Waals surface area contributed by atoms with Crippen LogP contribution in [0.25, 0.3) is 16.6 Å². The highest BCUT2D eigenvalue weighted by Crippen LogP contribution is 2.34. The van der Waals surface area contributed by atoms with E-state index in [4.69, 9.17) is 0 Å². The second-order valence-corrected chi connectivity index (χ2v) is 5.00. The van der Waals surface area contributed by atoms with Gasteiger partial charge in [-0.25, -0.2) is 8.91 Å². The molecule has 0 spiro atoms. The van der Waals surface area contributed by atoms with Crippen molar-refractivity contribution in [1.82, 2.24) is 9.61 Å². The van der Waals surface area contributed by atoms with Gasteiger partial charge in [0.05, 0.1) is 11.2 Å². The lowest BCUT2D eigenvalue weighted by Crippen LogP contribution is -2.11. The zero-order valence-electron chi connectivity index (χ0n) is 11.7. The number of halogens is 4. The Bertz CT molecular complexity index is 817. The number of pyridine rings is 1. The molecule has 0 radical (unpaired) electrons. The number of hydrogen-bond donors (Lipinski definition) is 0. The SMILES string of the molecule is Cc1nn2c(C(F)(F)F)cccc2c1-c1ccc(CF)cc1. The number of fused-ring (bicyclic) bond motifs is 1. The first kappa shape index (κ1) is 14.6. The summed E-state index contributed by atoms with van der Waals surface area (Å²) in [7, 11) is 0. The Hall–Kier alpha value is -2.37. The second-order valence-electron chi connectivity index (χ2n) is 5.00. The molecule has 0 fully saturated rings. The number of aromatic nitrogens is 2. The summed E-state index contributed by atoms with van der Waals surface area (Å²) >= 11 is 0. The fourth-order valence-corrected chi connectivity index (χ4v) is 2.52. The predicted molar refractivity (Wildman–Crippen MR) is 75.2 cm³/mol. The summed E-state index contributed by atoms with van der Waals surface area (Å²) in [4.78, 5) is 0. The normalized spacial score (nSPS) is 12.0. The molecule has 0 N–H and O–H groups in total. The third kappa shape index (κ3) is 2.34. The van der Waals surface area contributed by atoms with E-state index in [0.29, 0.717) is 27.9 Å². The monoisotopic (exact) mass is 308 g/mol. The Kier molecular flexibility index (Phi) is 3.39. The van der Waals surface area contributed by atoms with E-state index in [1.165, 1.54) is 6.07 Å². The standard InChI is InChI=1S/C16H12F4N2/c1-10-15(12-7-5-11(9-17)6-8-12)13-3-2-4-14(16(18,19)20)22(13)21-10/h2-8H,9H2,1H3. The molecule has 0 unspecified atom stereocenters. The largest absolute Gasteiger partial charge is 0.433 e. The van der Waals surface area contributed by atoms with Gasteiger partial charge in [-0.2, -0.15) is 18.3 Å². The zero-order chi connectivity index (χ0) is 15.9. The minimum atomic E-state index is -4.48. The van der Waals surface area contributed by atoms with Crippen molar-refractivity contribution in [3.05, 3.63) is 59.4 Å². The minimum absolute atomic E-state index is 0.375. The molecule has 0 saturated carbocycles. The lowest BCUT2D eigenvalue weighted by Gasteiger charge is -2.08. The fourth-order valence-electron chi connectivity index (χ4n) is 2.52. The Morgan fingerprint density at radius 3 is 2.32 bits per heavy atom. The van der Waals surface area contributed by atoms with E-state index in [-0.39, 0.29) is 0 Å². The van der Waals surface area contributed by atoms with Crippen LogP contribution >= 0.6 is 0 Å². The number of aryl methyl sites for hydroxylation is 1. The van der Waals surface area contributed by atoms with Crippen molar-refractivity contribution in [2.45, 2.75) is 19.8 Å². The molecular weight excluding hydrogens is 296 g/mol. The Morgan fingerprint density at radius 2 is 1.73 bits per heavy atom. The van der Waals surface area contributed by atoms with E-state index in [9.17, 15) is 17.6 Å². The van der Waals surface area contributed by atoms with Crippen molar-refractivity contribution in [1.29, 1.82) is 0 Å². The van der Waals surface area contributed by atoms with E-state index in [2.05, 4.69) is 5.10 Å². The van der Waals surface area contributed by atoms with Gasteiger partial charge in [-0.15, -0.1) is 0 Å². The molecule has 0 atom stereocenters. The molecule has 2 heterocycles. The summed E-state index contributed by atoms with van der Waals surface area (Å²) in [5, 5.41) is 4.02. The first-order valence-corrected chi connectivity index (χ1v) is 6.62. The highest BCUT2D eigenvalue weighted by atomic mass is 19.4. The molecule has 2 nitrogen and oxygen atoms in total. The third-order valence-electron chi connectivity index (χ3n) is 3.52. The Labute approximate surface area is 124 Å². The second kappa shape index (κ2) is 5.12. The zero-order valence-corrected chi connectivity index (χ0v) is 11.7. The highest BCUT2D eigenvalue weighted by molar-refractivity contribution is 5.82. The van der Waals surface area contributed by atoms with Gasteiger partial charge in [0.1, 0.15) is 12.4 Å². The number of alkyl halides is 4. The summed E-state index contributed by atoms with van der Waals surface area (Å²) in [6.45, 7) is 1.08. The van der Waals surface area contributed by atoms with Crippen molar-refractivity contribution >= 4 is 5.52 Å². The van der Waals surface area contributed by atoms with Gasteiger partial charge in [0.15, 0.2) is 0 Å². The molecule has 6 heteroatoms. The van der Waals surface area contributed by atoms with Gasteiger partial charge in [0.25, 0.3) is 0 Å². The maximum Gasteiger partial charge on any atom is 0.433 e. The number of hydrogen-bond acceptors (Lipinski definition) is 1. The fraction of sp³-hybridized carbons (Fsp3) is 0.188. The molecule has 2 aromatic heterocycles. The third-order valence-corrected chi connectivity index (χ3v) is 3.52. The minimum Gasteiger partial charge on any atom is -0.246 e. The molecule has 0 bridgehead atoms. The number of rotatable bonds is 2. The van der Waals surface area contributed by atoms with Gasteiger partial charge in [0, 0.05) is 5.56 Å². The predicted octanol–water partition coefficient (Wildman–Crippen LogP) is 4.80. The first-order chi connectivity index (χ1) is 10.4. The number of nitrogens with zero attached hydrogens (tertiary/aromatic N) is 2. The van der Waals surface area contributed by atoms with Crippen molar-refractivity contribution < 1.29 is 17.6 Å². The average Bonchev–Trinajstić information content (AvgIpc) is 2.82. The molecule has 3 rings (SSSR count). The van der Waals surface area contributed by atoms with Gasteiger partial charge >= 0.3 is 6.18 Å². The Balaban J connectivity index is 2.24. The summed E-state index contributed by atoms with van der Waals surface area (Å²) in [5.74, 6) is 0. The molecule has 0 aliphatic carbocycles. The molecule has 0 saturated heterocycles. The van der Waals surface area contributed by atoms with E-state index in [1.54, 1.807) is 37.3 Å². The molecule has 0 aliphatic rings. The summed E-state index contributed by atoms with van der Waals surface area (Å²) in [6, 6.07) is 10.6. The molecule has 0 amide bonds. The lowest BCUT2D eigenvalue weighted by atomic mass is 10.0. The average molecular weight is 308 g/mol. The van der Waals surface area contributed by atoms with Crippen LogP contribution in [-0.4, -0.2) is 9.61 Å². The van der Waals surface area contributed by atoms with Gasteiger partial charge < -0.3 is 0 Å². The van der Waals surface area contributed by atoms with Crippen molar-refractivity contribution in [2.75, 3.05) is 0 Å². The van der Waals surface area contributed by atoms with Gasteiger partial charge in [-0.05, 0) is 30.2 Å². The molecular formula is C16H12F4N2. The quantitative estimate of drug-likeness (QED) is 0.622. The summed E-state index contributed by atoms with van der Waals surface area (Å²) in [5.41, 5.74) is 1.90. The van der Waals surface area contributed by atoms with Crippen LogP contribution in [0.1, 0.15) is 17.0 Å². The molecule has 1 aromatic carbocycles. The molecule has 114 valence electrons. The highest BCUT2D eigenvalue weighted by Gasteiger charge is 2.34. The molecule has 22 heavy (non-hydrogen) atoms. The van der Waals surface area contributed by atoms with Crippen LogP contribution in [0.5, 0.6) is 0 Å². The smallest absolute Gasteiger partial charge is 0.246 e. The van der Waals surface area contributed by atoms with Gasteiger partial charge in [-0.1, -0.05) is 30.3 Å². The lowest BCUT2D eigenvalue weighted by molar-refractivity contribution is -0.142. The molecule has 3 aromatic rings. The van der Waals surface area contributed by atoms with E-state index >= 15 is 0 Å². The van der Waals surface area contributed by atoms with Crippen LogP contribution < -0.4 is 0 Å². The van der Waals surface area contributed by atoms with Crippen LogP contribution in [0.2, 0.25) is 0 Å². The first-order valence-electron chi connectivity index (χ1n) is 6.62. The Morgan fingerprint density at radius 1 is 1.05 bits per heavy atom. The van der Waals surface area contributed by atoms with E-state index in [0.717, 1.165) is 10.6 Å². The van der Waals surface area contributed by atoms with Crippen LogP contribution in [0.3, 0.4) is 0 Å².